The Kier molecular flexibility index (Phi) is 2.55. The van der Waals surface area contributed by atoms with E-state index in [1.54, 1.807) is 18.9 Å². The lowest BCUT2D eigenvalue weighted by molar-refractivity contribution is -0.121. The molecule has 1 aliphatic heterocycles. The lowest BCUT2D eigenvalue weighted by Crippen LogP contribution is -2.22. The third-order valence-electron chi connectivity index (χ3n) is 2.50. The molecule has 0 saturated carbocycles. The molecule has 6 heteroatoms. The zero-order chi connectivity index (χ0) is 11.7. The first-order chi connectivity index (χ1) is 7.58. The van der Waals surface area contributed by atoms with Crippen molar-refractivity contribution < 1.29 is 4.79 Å². The number of hydrogen-bond acceptors (Lipinski definition) is 4. The van der Waals surface area contributed by atoms with Crippen LogP contribution in [0.2, 0.25) is 0 Å². The molecule has 1 aromatic heterocycles. The summed E-state index contributed by atoms with van der Waals surface area (Å²) in [5, 5.41) is 0. The van der Waals surface area contributed by atoms with Crippen molar-refractivity contribution in [1.29, 1.82) is 0 Å². The van der Waals surface area contributed by atoms with Crippen LogP contribution in [-0.4, -0.2) is 40.1 Å². The molecule has 1 amide bonds. The van der Waals surface area contributed by atoms with E-state index in [0.717, 1.165) is 5.56 Å². The molecule has 2 rings (SSSR count). The van der Waals surface area contributed by atoms with Gasteiger partial charge in [0.1, 0.15) is 11.5 Å². The van der Waals surface area contributed by atoms with Gasteiger partial charge in [-0.2, -0.15) is 0 Å². The van der Waals surface area contributed by atoms with Crippen LogP contribution in [0, 0.1) is 6.92 Å². The number of H-pyrrole nitrogens is 1. The predicted octanol–water partition coefficient (Wildman–Crippen LogP) is 0.0129. The van der Waals surface area contributed by atoms with E-state index in [1.165, 1.54) is 6.20 Å². The van der Waals surface area contributed by atoms with Crippen LogP contribution in [0.1, 0.15) is 12.0 Å². The Hall–Kier alpha value is -1.98. The Morgan fingerprint density at radius 2 is 2.25 bits per heavy atom. The number of aliphatic imine (C=N–C) groups is 1. The second kappa shape index (κ2) is 3.88. The summed E-state index contributed by atoms with van der Waals surface area (Å²) in [4.78, 5) is 34.5. The molecule has 2 heterocycles. The molecule has 0 radical (unpaired) electrons. The molecule has 0 aliphatic carbocycles. The molecule has 0 atom stereocenters. The number of nitrogens with zero attached hydrogens (tertiary/aromatic N) is 3. The van der Waals surface area contributed by atoms with Gasteiger partial charge in [0.15, 0.2) is 0 Å². The number of aromatic nitrogens is 2. The van der Waals surface area contributed by atoms with Crippen LogP contribution in [0.15, 0.2) is 16.0 Å². The van der Waals surface area contributed by atoms with Crippen LogP contribution in [0.3, 0.4) is 0 Å². The number of hydrogen-bond donors (Lipinski definition) is 1. The van der Waals surface area contributed by atoms with Crippen molar-refractivity contribution in [2.75, 3.05) is 13.6 Å². The number of aryl methyl sites for hydroxylation is 1. The van der Waals surface area contributed by atoms with E-state index in [-0.39, 0.29) is 5.91 Å². The Morgan fingerprint density at radius 1 is 1.50 bits per heavy atom. The van der Waals surface area contributed by atoms with Crippen LogP contribution >= 0.6 is 0 Å². The van der Waals surface area contributed by atoms with Crippen molar-refractivity contribution in [3.63, 3.8) is 0 Å². The van der Waals surface area contributed by atoms with Crippen LogP contribution < -0.4 is 5.69 Å². The highest BCUT2D eigenvalue weighted by Gasteiger charge is 2.24. The van der Waals surface area contributed by atoms with E-state index in [0.29, 0.717) is 24.5 Å². The van der Waals surface area contributed by atoms with Gasteiger partial charge in [0.05, 0.1) is 0 Å². The minimum atomic E-state index is -0.455. The molecule has 1 fully saturated rings. The van der Waals surface area contributed by atoms with E-state index in [4.69, 9.17) is 0 Å². The third kappa shape index (κ3) is 1.86. The summed E-state index contributed by atoms with van der Waals surface area (Å²) < 4.78 is 0. The largest absolute Gasteiger partial charge is 0.346 e. The molecule has 16 heavy (non-hydrogen) atoms. The van der Waals surface area contributed by atoms with Gasteiger partial charge in [-0.1, -0.05) is 0 Å². The number of nitrogens with one attached hydrogen (secondary N) is 1. The lowest BCUT2D eigenvalue weighted by atomic mass is 10.3. The van der Waals surface area contributed by atoms with E-state index >= 15 is 0 Å². The van der Waals surface area contributed by atoms with Gasteiger partial charge in [0, 0.05) is 31.8 Å². The van der Waals surface area contributed by atoms with E-state index in [1.807, 2.05) is 0 Å². The third-order valence-corrected chi connectivity index (χ3v) is 2.50. The van der Waals surface area contributed by atoms with Crippen molar-refractivity contribution >= 4 is 17.4 Å². The quantitative estimate of drug-likeness (QED) is 0.724. The highest BCUT2D eigenvalue weighted by atomic mass is 16.2. The minimum Gasteiger partial charge on any atom is -0.340 e. The van der Waals surface area contributed by atoms with E-state index in [2.05, 4.69) is 15.0 Å². The molecule has 1 aromatic rings. The number of aromatic amines is 1. The molecule has 84 valence electrons. The van der Waals surface area contributed by atoms with Crippen LogP contribution in [0.5, 0.6) is 0 Å². The van der Waals surface area contributed by atoms with Crippen LogP contribution in [-0.2, 0) is 4.79 Å². The molecule has 0 unspecified atom stereocenters. The first-order valence-electron chi connectivity index (χ1n) is 4.97. The Labute approximate surface area is 92.0 Å². The summed E-state index contributed by atoms with van der Waals surface area (Å²) >= 11 is 0. The fourth-order valence-electron chi connectivity index (χ4n) is 1.51. The number of carbonyl (C=O) groups excluding carboxylic acids is 1. The van der Waals surface area contributed by atoms with Crippen molar-refractivity contribution in [3.05, 3.63) is 22.2 Å². The van der Waals surface area contributed by atoms with Gasteiger partial charge in [-0.15, -0.1) is 0 Å². The second-order valence-corrected chi connectivity index (χ2v) is 3.76. The first-order valence-corrected chi connectivity index (χ1v) is 4.97. The summed E-state index contributed by atoms with van der Waals surface area (Å²) in [6, 6.07) is 0. The van der Waals surface area contributed by atoms with Gasteiger partial charge in [0.25, 0.3) is 5.91 Å². The molecule has 0 bridgehead atoms. The maximum Gasteiger partial charge on any atom is 0.346 e. The number of likely N-dealkylation sites (tertiary alicyclic amines) is 1. The highest BCUT2D eigenvalue weighted by Crippen LogP contribution is 2.15. The monoisotopic (exact) mass is 220 g/mol. The molecule has 6 nitrogen and oxygen atoms in total. The van der Waals surface area contributed by atoms with Gasteiger partial charge in [-0.3, -0.25) is 9.78 Å². The zero-order valence-corrected chi connectivity index (χ0v) is 9.15. The van der Waals surface area contributed by atoms with Gasteiger partial charge < -0.3 is 4.90 Å². The smallest absolute Gasteiger partial charge is 0.340 e. The average molecular weight is 220 g/mol. The average Bonchev–Trinajstić information content (AvgIpc) is 2.55. The number of amides is 1. The molecule has 1 saturated heterocycles. The Balaban J connectivity index is 2.40. The Bertz CT molecular complexity index is 518. The molecule has 0 aromatic carbocycles. The molecule has 1 aliphatic rings. The van der Waals surface area contributed by atoms with Crippen LogP contribution in [0.25, 0.3) is 0 Å². The first kappa shape index (κ1) is 10.5. The fourth-order valence-corrected chi connectivity index (χ4v) is 1.51. The van der Waals surface area contributed by atoms with E-state index in [9.17, 15) is 9.59 Å². The van der Waals surface area contributed by atoms with Crippen LogP contribution in [0.4, 0.5) is 5.82 Å². The maximum absolute atomic E-state index is 11.6. The minimum absolute atomic E-state index is 0.0861. The SMILES string of the molecule is Cc1cnc(=O)[nH]c1N=C1CCN(C)C1=O. The normalized spacial score (nSPS) is 18.5. The summed E-state index contributed by atoms with van der Waals surface area (Å²) in [6.07, 6.45) is 2.06. The molecule has 1 N–H and O–H groups in total. The summed E-state index contributed by atoms with van der Waals surface area (Å²) in [5.41, 5.74) is 0.769. The summed E-state index contributed by atoms with van der Waals surface area (Å²) in [5.74, 6) is 0.329. The van der Waals surface area contributed by atoms with Gasteiger partial charge in [0.2, 0.25) is 0 Å². The van der Waals surface area contributed by atoms with Crippen molar-refractivity contribution in [3.8, 4) is 0 Å². The topological polar surface area (TPSA) is 78.4 Å². The van der Waals surface area contributed by atoms with Gasteiger partial charge in [-0.05, 0) is 6.92 Å². The molecular weight excluding hydrogens is 208 g/mol. The van der Waals surface area contributed by atoms with Crippen molar-refractivity contribution in [2.24, 2.45) is 4.99 Å². The lowest BCUT2D eigenvalue weighted by Gasteiger charge is -2.04. The standard InChI is InChI=1S/C10H12N4O2/c1-6-5-11-10(16)13-8(6)12-7-3-4-14(2)9(7)15/h5H,3-4H2,1-2H3,(H,11,13,16). The van der Waals surface area contributed by atoms with Crippen molar-refractivity contribution in [2.45, 2.75) is 13.3 Å². The number of rotatable bonds is 1. The van der Waals surface area contributed by atoms with Gasteiger partial charge >= 0.3 is 5.69 Å². The van der Waals surface area contributed by atoms with Crippen molar-refractivity contribution in [1.82, 2.24) is 14.9 Å². The predicted molar refractivity (Wildman–Crippen MR) is 58.9 cm³/mol. The summed E-state index contributed by atoms with van der Waals surface area (Å²) in [6.45, 7) is 2.46. The highest BCUT2D eigenvalue weighted by molar-refractivity contribution is 6.40. The maximum atomic E-state index is 11.6. The zero-order valence-electron chi connectivity index (χ0n) is 9.15. The molecule has 0 spiro atoms. The van der Waals surface area contributed by atoms with E-state index < -0.39 is 5.69 Å². The Morgan fingerprint density at radius 3 is 2.88 bits per heavy atom. The second-order valence-electron chi connectivity index (χ2n) is 3.76. The number of carbonyl (C=O) groups is 1. The summed E-state index contributed by atoms with van der Waals surface area (Å²) in [7, 11) is 1.73. The van der Waals surface area contributed by atoms with Gasteiger partial charge in [-0.25, -0.2) is 14.8 Å². The molecular formula is C10H12N4O2. The fraction of sp³-hybridized carbons (Fsp3) is 0.400.